The molecule has 0 atom stereocenters. The Morgan fingerprint density at radius 3 is 2.56 bits per heavy atom. The van der Waals surface area contributed by atoms with Crippen LogP contribution in [0.5, 0.6) is 0 Å². The summed E-state index contributed by atoms with van der Waals surface area (Å²) in [4.78, 5) is 25.1. The van der Waals surface area contributed by atoms with E-state index in [2.05, 4.69) is 15.6 Å². The first-order valence-corrected chi connectivity index (χ1v) is 8.84. The zero-order valence-electron chi connectivity index (χ0n) is 15.9. The Morgan fingerprint density at radius 1 is 1.15 bits per heavy atom. The van der Waals surface area contributed by atoms with Gasteiger partial charge in [0.1, 0.15) is 0 Å². The maximum Gasteiger partial charge on any atom is 0.292 e. The first-order valence-electron chi connectivity index (χ1n) is 8.84. The number of carbonyl (C=O) groups is 1. The lowest BCUT2D eigenvalue weighted by Crippen LogP contribution is -2.29. The average Bonchev–Trinajstić information content (AvgIpc) is 2.68. The largest absolute Gasteiger partial charge is 0.292 e. The number of hydrogen-bond donors (Lipinski definition) is 1. The SMILES string of the molecule is CCn1nc(C(=O)N/N=C(/C)c2cc(C)ccc2C)c2ccccc2c1=O. The molecule has 0 aliphatic heterocycles. The van der Waals surface area contributed by atoms with Gasteiger partial charge in [-0.2, -0.15) is 10.2 Å². The zero-order chi connectivity index (χ0) is 19.6. The van der Waals surface area contributed by atoms with Gasteiger partial charge in [0.05, 0.1) is 11.1 Å². The van der Waals surface area contributed by atoms with E-state index < -0.39 is 5.91 Å². The molecule has 0 fully saturated rings. The van der Waals surface area contributed by atoms with Gasteiger partial charge in [0.25, 0.3) is 11.5 Å². The van der Waals surface area contributed by atoms with Crippen molar-refractivity contribution >= 4 is 22.4 Å². The fraction of sp³-hybridized carbons (Fsp3) is 0.238. The number of amides is 1. The first kappa shape index (κ1) is 18.5. The number of aromatic nitrogens is 2. The summed E-state index contributed by atoms with van der Waals surface area (Å²) in [5.41, 5.74) is 6.45. The lowest BCUT2D eigenvalue weighted by Gasteiger charge is -2.10. The fourth-order valence-electron chi connectivity index (χ4n) is 2.99. The number of carbonyl (C=O) groups excluding carboxylic acids is 1. The lowest BCUT2D eigenvalue weighted by molar-refractivity contribution is 0.0949. The van der Waals surface area contributed by atoms with E-state index in [1.165, 1.54) is 4.68 Å². The molecule has 0 aliphatic carbocycles. The molecule has 1 amide bonds. The molecule has 0 saturated carbocycles. The van der Waals surface area contributed by atoms with Crippen molar-refractivity contribution in [3.8, 4) is 0 Å². The van der Waals surface area contributed by atoms with E-state index in [0.717, 1.165) is 16.7 Å². The predicted octanol–water partition coefficient (Wildman–Crippen LogP) is 3.19. The highest BCUT2D eigenvalue weighted by Gasteiger charge is 2.16. The summed E-state index contributed by atoms with van der Waals surface area (Å²) in [6, 6.07) is 13.1. The molecule has 0 saturated heterocycles. The van der Waals surface area contributed by atoms with Crippen LogP contribution in [0.4, 0.5) is 0 Å². The molecule has 6 heteroatoms. The molecule has 0 aliphatic rings. The molecule has 2 aromatic carbocycles. The van der Waals surface area contributed by atoms with Crippen LogP contribution in [0.25, 0.3) is 10.8 Å². The van der Waals surface area contributed by atoms with Gasteiger partial charge in [-0.15, -0.1) is 0 Å². The van der Waals surface area contributed by atoms with Gasteiger partial charge >= 0.3 is 0 Å². The van der Waals surface area contributed by atoms with Gasteiger partial charge in [0.2, 0.25) is 0 Å². The molecule has 0 radical (unpaired) electrons. The standard InChI is InChI=1S/C21H22N4O2/c1-5-25-21(27)17-9-7-6-8-16(17)19(24-25)20(26)23-22-15(4)18-12-13(2)10-11-14(18)3/h6-12H,5H2,1-4H3,(H,23,26)/b22-15-. The van der Waals surface area contributed by atoms with E-state index >= 15 is 0 Å². The monoisotopic (exact) mass is 362 g/mol. The van der Waals surface area contributed by atoms with Crippen LogP contribution in [-0.2, 0) is 6.54 Å². The van der Waals surface area contributed by atoms with E-state index in [9.17, 15) is 9.59 Å². The number of hydrazone groups is 1. The van der Waals surface area contributed by atoms with E-state index in [1.807, 2.05) is 45.9 Å². The molecule has 3 rings (SSSR count). The minimum atomic E-state index is -0.446. The van der Waals surface area contributed by atoms with Gasteiger partial charge in [-0.25, -0.2) is 10.1 Å². The number of fused-ring (bicyclic) bond motifs is 1. The topological polar surface area (TPSA) is 76.3 Å². The van der Waals surface area contributed by atoms with Crippen LogP contribution in [0.2, 0.25) is 0 Å². The minimum absolute atomic E-state index is 0.185. The van der Waals surface area contributed by atoms with Crippen molar-refractivity contribution in [1.82, 2.24) is 15.2 Å². The summed E-state index contributed by atoms with van der Waals surface area (Å²) >= 11 is 0. The number of aryl methyl sites for hydroxylation is 3. The van der Waals surface area contributed by atoms with Gasteiger partial charge in [0, 0.05) is 17.5 Å². The summed E-state index contributed by atoms with van der Waals surface area (Å²) in [7, 11) is 0. The van der Waals surface area contributed by atoms with Crippen LogP contribution in [0.3, 0.4) is 0 Å². The van der Waals surface area contributed by atoms with Gasteiger partial charge < -0.3 is 0 Å². The van der Waals surface area contributed by atoms with Crippen LogP contribution >= 0.6 is 0 Å². The molecular weight excluding hydrogens is 340 g/mol. The molecule has 138 valence electrons. The highest BCUT2D eigenvalue weighted by atomic mass is 16.2. The first-order chi connectivity index (χ1) is 12.9. The number of hydrogen-bond acceptors (Lipinski definition) is 4. The van der Waals surface area contributed by atoms with Crippen molar-refractivity contribution in [2.45, 2.75) is 34.2 Å². The Bertz CT molecular complexity index is 1110. The van der Waals surface area contributed by atoms with Crippen LogP contribution in [-0.4, -0.2) is 21.4 Å². The normalized spacial score (nSPS) is 11.6. The molecule has 1 N–H and O–H groups in total. The van der Waals surface area contributed by atoms with Crippen molar-refractivity contribution in [3.63, 3.8) is 0 Å². The Kier molecular flexibility index (Phi) is 5.16. The van der Waals surface area contributed by atoms with E-state index in [0.29, 0.717) is 23.0 Å². The molecular formula is C21H22N4O2. The Balaban J connectivity index is 1.98. The highest BCUT2D eigenvalue weighted by Crippen LogP contribution is 2.14. The number of rotatable bonds is 4. The number of nitrogens with zero attached hydrogens (tertiary/aromatic N) is 3. The molecule has 1 heterocycles. The Hall–Kier alpha value is -3.28. The summed E-state index contributed by atoms with van der Waals surface area (Å²) in [6.07, 6.45) is 0. The van der Waals surface area contributed by atoms with Crippen LogP contribution in [0.1, 0.15) is 41.0 Å². The highest BCUT2D eigenvalue weighted by molar-refractivity contribution is 6.06. The van der Waals surface area contributed by atoms with E-state index in [4.69, 9.17) is 0 Å². The lowest BCUT2D eigenvalue weighted by atomic mass is 10.0. The summed E-state index contributed by atoms with van der Waals surface area (Å²) in [5.74, 6) is -0.446. The second-order valence-corrected chi connectivity index (χ2v) is 6.47. The van der Waals surface area contributed by atoms with Crippen LogP contribution in [0, 0.1) is 13.8 Å². The molecule has 27 heavy (non-hydrogen) atoms. The maximum absolute atomic E-state index is 12.7. The number of nitrogens with one attached hydrogen (secondary N) is 1. The summed E-state index contributed by atoms with van der Waals surface area (Å²) in [5, 5.41) is 9.46. The number of benzene rings is 2. The second-order valence-electron chi connectivity index (χ2n) is 6.47. The van der Waals surface area contributed by atoms with E-state index in [1.54, 1.807) is 24.3 Å². The van der Waals surface area contributed by atoms with Crippen LogP contribution in [0.15, 0.2) is 52.4 Å². The molecule has 0 bridgehead atoms. The summed E-state index contributed by atoms with van der Waals surface area (Å²) < 4.78 is 1.29. The van der Waals surface area contributed by atoms with Crippen LogP contribution < -0.4 is 11.0 Å². The zero-order valence-corrected chi connectivity index (χ0v) is 15.9. The Morgan fingerprint density at radius 2 is 1.85 bits per heavy atom. The van der Waals surface area contributed by atoms with Crippen molar-refractivity contribution in [1.29, 1.82) is 0 Å². The third-order valence-electron chi connectivity index (χ3n) is 4.49. The van der Waals surface area contributed by atoms with Gasteiger partial charge in [-0.3, -0.25) is 9.59 Å². The average molecular weight is 362 g/mol. The fourth-order valence-corrected chi connectivity index (χ4v) is 2.99. The summed E-state index contributed by atoms with van der Waals surface area (Å²) in [6.45, 7) is 8.06. The van der Waals surface area contributed by atoms with Gasteiger partial charge in [-0.1, -0.05) is 35.9 Å². The third-order valence-corrected chi connectivity index (χ3v) is 4.49. The van der Waals surface area contributed by atoms with Crippen molar-refractivity contribution in [2.75, 3.05) is 0 Å². The molecule has 0 unspecified atom stereocenters. The van der Waals surface area contributed by atoms with Gasteiger partial charge in [-0.05, 0) is 45.4 Å². The van der Waals surface area contributed by atoms with Gasteiger partial charge in [0.15, 0.2) is 5.69 Å². The van der Waals surface area contributed by atoms with Crippen molar-refractivity contribution in [2.24, 2.45) is 5.10 Å². The second kappa shape index (κ2) is 7.53. The molecule has 0 spiro atoms. The van der Waals surface area contributed by atoms with Crippen molar-refractivity contribution < 1.29 is 4.79 Å². The molecule has 6 nitrogen and oxygen atoms in total. The minimum Gasteiger partial charge on any atom is -0.267 e. The van der Waals surface area contributed by atoms with Crippen molar-refractivity contribution in [3.05, 3.63) is 75.2 Å². The third kappa shape index (κ3) is 3.65. The molecule has 1 aromatic heterocycles. The maximum atomic E-state index is 12.7. The Labute approximate surface area is 157 Å². The quantitative estimate of drug-likeness (QED) is 0.572. The molecule has 3 aromatic rings. The smallest absolute Gasteiger partial charge is 0.267 e. The van der Waals surface area contributed by atoms with E-state index in [-0.39, 0.29) is 11.3 Å². The predicted molar refractivity (Wildman–Crippen MR) is 107 cm³/mol.